The van der Waals surface area contributed by atoms with Gasteiger partial charge in [-0.05, 0) is 31.2 Å². The first-order chi connectivity index (χ1) is 12.5. The second-order valence-corrected chi connectivity index (χ2v) is 6.09. The van der Waals surface area contributed by atoms with E-state index in [0.717, 1.165) is 18.2 Å². The zero-order valence-corrected chi connectivity index (χ0v) is 14.2. The van der Waals surface area contributed by atoms with E-state index in [-0.39, 0.29) is 17.4 Å². The molecule has 1 saturated heterocycles. The Bertz CT molecular complexity index is 787. The molecule has 2 heterocycles. The van der Waals surface area contributed by atoms with Gasteiger partial charge < -0.3 is 14.6 Å². The number of rotatable bonds is 4. The Morgan fingerprint density at radius 2 is 1.88 bits per heavy atom. The first-order valence-corrected chi connectivity index (χ1v) is 8.28. The number of hydrogen-bond donors (Lipinski definition) is 1. The van der Waals surface area contributed by atoms with Crippen molar-refractivity contribution in [2.24, 2.45) is 0 Å². The lowest BCUT2D eigenvalue weighted by Gasteiger charge is -2.37. The highest BCUT2D eigenvalue weighted by Gasteiger charge is 2.29. The molecule has 0 saturated carbocycles. The number of furan rings is 1. The van der Waals surface area contributed by atoms with Gasteiger partial charge in [-0.15, -0.1) is 0 Å². The molecule has 1 aliphatic rings. The number of benzene rings is 1. The van der Waals surface area contributed by atoms with Crippen molar-refractivity contribution in [2.75, 3.05) is 31.5 Å². The van der Waals surface area contributed by atoms with Gasteiger partial charge in [-0.3, -0.25) is 14.5 Å². The van der Waals surface area contributed by atoms with E-state index in [2.05, 4.69) is 5.32 Å². The topological polar surface area (TPSA) is 65.8 Å². The van der Waals surface area contributed by atoms with Crippen LogP contribution in [0.5, 0.6) is 0 Å². The van der Waals surface area contributed by atoms with Gasteiger partial charge in [0.15, 0.2) is 5.76 Å². The molecule has 0 unspecified atom stereocenters. The predicted molar refractivity (Wildman–Crippen MR) is 90.6 cm³/mol. The third-order valence-corrected chi connectivity index (χ3v) is 4.45. The molecule has 26 heavy (non-hydrogen) atoms. The van der Waals surface area contributed by atoms with Gasteiger partial charge in [0.05, 0.1) is 18.0 Å². The number of anilines is 1. The highest BCUT2D eigenvalue weighted by molar-refractivity contribution is 5.94. The monoisotopic (exact) mass is 363 g/mol. The molecule has 8 heteroatoms. The fraction of sp³-hybridized carbons (Fsp3) is 0.333. The second kappa shape index (κ2) is 7.65. The predicted octanol–water partition coefficient (Wildman–Crippen LogP) is 2.34. The molecule has 1 atom stereocenters. The lowest BCUT2D eigenvalue weighted by atomic mass is 10.2. The van der Waals surface area contributed by atoms with Gasteiger partial charge in [-0.25, -0.2) is 8.78 Å². The minimum atomic E-state index is -0.694. The maximum Gasteiger partial charge on any atom is 0.289 e. The van der Waals surface area contributed by atoms with Crippen molar-refractivity contribution in [3.63, 3.8) is 0 Å². The summed E-state index contributed by atoms with van der Waals surface area (Å²) in [6.45, 7) is 3.58. The molecular weight excluding hydrogens is 344 g/mol. The number of hydrogen-bond acceptors (Lipinski definition) is 4. The van der Waals surface area contributed by atoms with Crippen LogP contribution in [-0.4, -0.2) is 53.8 Å². The molecule has 1 fully saturated rings. The van der Waals surface area contributed by atoms with Crippen molar-refractivity contribution < 1.29 is 22.8 Å². The van der Waals surface area contributed by atoms with Crippen LogP contribution in [0.1, 0.15) is 17.5 Å². The normalized spacial score (nSPS) is 16.3. The van der Waals surface area contributed by atoms with Gasteiger partial charge in [-0.1, -0.05) is 0 Å². The van der Waals surface area contributed by atoms with E-state index in [1.165, 1.54) is 6.26 Å². The number of nitrogens with zero attached hydrogens (tertiary/aromatic N) is 2. The summed E-state index contributed by atoms with van der Waals surface area (Å²) < 4.78 is 32.0. The number of piperazine rings is 1. The van der Waals surface area contributed by atoms with Crippen LogP contribution in [-0.2, 0) is 4.79 Å². The summed E-state index contributed by atoms with van der Waals surface area (Å²) in [6.07, 6.45) is 1.45. The lowest BCUT2D eigenvalue weighted by molar-refractivity contribution is -0.121. The Balaban J connectivity index is 1.56. The highest BCUT2D eigenvalue weighted by atomic mass is 19.1. The van der Waals surface area contributed by atoms with Crippen molar-refractivity contribution >= 4 is 17.5 Å². The minimum Gasteiger partial charge on any atom is -0.459 e. The molecule has 3 rings (SSSR count). The smallest absolute Gasteiger partial charge is 0.289 e. The Morgan fingerprint density at radius 1 is 1.15 bits per heavy atom. The molecule has 1 aromatic carbocycles. The van der Waals surface area contributed by atoms with Gasteiger partial charge in [-0.2, -0.15) is 0 Å². The SMILES string of the molecule is C[C@@H](C(=O)Nc1cc(F)ccc1F)N1CCN(C(=O)c2ccco2)CC1. The zero-order valence-electron chi connectivity index (χ0n) is 14.2. The van der Waals surface area contributed by atoms with E-state index < -0.39 is 23.6 Å². The van der Waals surface area contributed by atoms with Crippen LogP contribution in [0.25, 0.3) is 0 Å². The van der Waals surface area contributed by atoms with Crippen molar-refractivity contribution in [1.29, 1.82) is 0 Å². The van der Waals surface area contributed by atoms with E-state index in [0.29, 0.717) is 26.2 Å². The second-order valence-electron chi connectivity index (χ2n) is 6.09. The summed E-state index contributed by atoms with van der Waals surface area (Å²) in [6, 6.07) is 5.62. The van der Waals surface area contributed by atoms with Crippen molar-refractivity contribution in [2.45, 2.75) is 13.0 Å². The molecule has 0 radical (unpaired) electrons. The van der Waals surface area contributed by atoms with E-state index >= 15 is 0 Å². The van der Waals surface area contributed by atoms with Crippen LogP contribution < -0.4 is 5.32 Å². The first kappa shape index (κ1) is 18.1. The quantitative estimate of drug-likeness (QED) is 0.906. The van der Waals surface area contributed by atoms with E-state index in [9.17, 15) is 18.4 Å². The Hall–Kier alpha value is -2.74. The fourth-order valence-corrected chi connectivity index (χ4v) is 2.86. The van der Waals surface area contributed by atoms with Gasteiger partial charge in [0.1, 0.15) is 11.6 Å². The summed E-state index contributed by atoms with van der Waals surface area (Å²) in [5, 5.41) is 2.41. The van der Waals surface area contributed by atoms with Crippen molar-refractivity contribution in [3.05, 3.63) is 54.0 Å². The van der Waals surface area contributed by atoms with Crippen LogP contribution in [0.15, 0.2) is 41.0 Å². The van der Waals surface area contributed by atoms with Crippen LogP contribution >= 0.6 is 0 Å². The van der Waals surface area contributed by atoms with E-state index in [4.69, 9.17) is 4.42 Å². The van der Waals surface area contributed by atoms with Crippen LogP contribution in [0.3, 0.4) is 0 Å². The molecule has 1 aromatic heterocycles. The number of nitrogens with one attached hydrogen (secondary N) is 1. The van der Waals surface area contributed by atoms with Crippen LogP contribution in [0.4, 0.5) is 14.5 Å². The lowest BCUT2D eigenvalue weighted by Crippen LogP contribution is -2.54. The Labute approximate surface area is 149 Å². The molecular formula is C18H19F2N3O3. The average Bonchev–Trinajstić information content (AvgIpc) is 3.18. The molecule has 6 nitrogen and oxygen atoms in total. The Morgan fingerprint density at radius 3 is 2.54 bits per heavy atom. The van der Waals surface area contributed by atoms with E-state index in [1.54, 1.807) is 24.0 Å². The molecule has 138 valence electrons. The largest absolute Gasteiger partial charge is 0.459 e. The average molecular weight is 363 g/mol. The summed E-state index contributed by atoms with van der Waals surface area (Å²) in [5.74, 6) is -1.65. The Kier molecular flexibility index (Phi) is 5.32. The maximum absolute atomic E-state index is 13.7. The summed E-state index contributed by atoms with van der Waals surface area (Å²) >= 11 is 0. The molecule has 2 aromatic rings. The van der Waals surface area contributed by atoms with Crippen molar-refractivity contribution in [1.82, 2.24) is 9.80 Å². The van der Waals surface area contributed by atoms with Crippen LogP contribution in [0, 0.1) is 11.6 Å². The standard InChI is InChI=1S/C18H19F2N3O3/c1-12(17(24)21-15-11-13(19)4-5-14(15)20)22-6-8-23(9-7-22)18(25)16-3-2-10-26-16/h2-5,10-12H,6-9H2,1H3,(H,21,24)/t12-/m0/s1. The maximum atomic E-state index is 13.7. The fourth-order valence-electron chi connectivity index (χ4n) is 2.86. The number of halogens is 2. The van der Waals surface area contributed by atoms with Crippen LogP contribution in [0.2, 0.25) is 0 Å². The molecule has 0 spiro atoms. The first-order valence-electron chi connectivity index (χ1n) is 8.28. The molecule has 1 N–H and O–H groups in total. The molecule has 0 aliphatic carbocycles. The summed E-state index contributed by atoms with van der Waals surface area (Å²) in [5.41, 5.74) is -0.187. The van der Waals surface area contributed by atoms with Gasteiger partial charge in [0.2, 0.25) is 5.91 Å². The van der Waals surface area contributed by atoms with Crippen molar-refractivity contribution in [3.8, 4) is 0 Å². The minimum absolute atomic E-state index is 0.186. The van der Waals surface area contributed by atoms with Gasteiger partial charge in [0.25, 0.3) is 5.91 Å². The van der Waals surface area contributed by atoms with Gasteiger partial charge in [0, 0.05) is 32.2 Å². The van der Waals surface area contributed by atoms with E-state index in [1.807, 2.05) is 4.90 Å². The molecule has 0 bridgehead atoms. The molecule has 2 amide bonds. The number of carbonyl (C=O) groups excluding carboxylic acids is 2. The van der Waals surface area contributed by atoms with Gasteiger partial charge >= 0.3 is 0 Å². The number of amides is 2. The summed E-state index contributed by atoms with van der Waals surface area (Å²) in [7, 11) is 0. The summed E-state index contributed by atoms with van der Waals surface area (Å²) in [4.78, 5) is 28.1. The zero-order chi connectivity index (χ0) is 18.7. The number of carbonyl (C=O) groups is 2. The third kappa shape index (κ3) is 3.91. The highest BCUT2D eigenvalue weighted by Crippen LogP contribution is 2.17. The third-order valence-electron chi connectivity index (χ3n) is 4.45. The molecule has 1 aliphatic heterocycles.